The molecule has 2 unspecified atom stereocenters. The van der Waals surface area contributed by atoms with Gasteiger partial charge in [0.15, 0.2) is 11.6 Å². The maximum atomic E-state index is 13.5. The van der Waals surface area contributed by atoms with Gasteiger partial charge in [-0.2, -0.15) is 0 Å². The zero-order valence-electron chi connectivity index (χ0n) is 14.1. The van der Waals surface area contributed by atoms with Gasteiger partial charge in [0, 0.05) is 19.4 Å². The lowest BCUT2D eigenvalue weighted by atomic mass is 10.1. The monoisotopic (exact) mass is 331 g/mol. The predicted octanol–water partition coefficient (Wildman–Crippen LogP) is 3.39. The number of carbonyl (C=O) groups is 1. The summed E-state index contributed by atoms with van der Waals surface area (Å²) < 4.78 is 19.0. The number of nitrogens with zero attached hydrogens (tertiary/aromatic N) is 2. The van der Waals surface area contributed by atoms with Gasteiger partial charge in [0.1, 0.15) is 6.10 Å². The highest BCUT2D eigenvalue weighted by molar-refractivity contribution is 5.74. The third-order valence-corrected chi connectivity index (χ3v) is 3.80. The average molecular weight is 331 g/mol. The number of carbonyl (C=O) groups excluding carboxylic acids is 1. The normalized spacial score (nSPS) is 13.0. The van der Waals surface area contributed by atoms with Crippen molar-refractivity contribution in [3.05, 3.63) is 60.2 Å². The first-order valence-corrected chi connectivity index (χ1v) is 7.80. The second-order valence-corrected chi connectivity index (χ2v) is 5.61. The van der Waals surface area contributed by atoms with E-state index in [2.05, 4.69) is 10.3 Å². The molecule has 1 aromatic carbocycles. The van der Waals surface area contributed by atoms with Crippen LogP contribution >= 0.6 is 0 Å². The molecule has 0 bridgehead atoms. The van der Waals surface area contributed by atoms with Crippen molar-refractivity contribution >= 4 is 6.03 Å². The SMILES string of the molecule is CC(CNC(=O)N(C)C(C)c1ccncc1)Oc1ccccc1F. The van der Waals surface area contributed by atoms with Crippen molar-refractivity contribution in [1.82, 2.24) is 15.2 Å². The standard InChI is InChI=1S/C18H22FN3O2/c1-13(24-17-7-5-4-6-16(17)19)12-21-18(23)22(3)14(2)15-8-10-20-11-9-15/h4-11,13-14H,12H2,1-3H3,(H,21,23). The smallest absolute Gasteiger partial charge is 0.317 e. The number of para-hydroxylation sites is 1. The van der Waals surface area contributed by atoms with Crippen LogP contribution in [-0.4, -0.2) is 35.6 Å². The lowest BCUT2D eigenvalue weighted by Crippen LogP contribution is -2.42. The van der Waals surface area contributed by atoms with Crippen LogP contribution in [-0.2, 0) is 0 Å². The first kappa shape index (κ1) is 17.7. The van der Waals surface area contributed by atoms with Gasteiger partial charge >= 0.3 is 6.03 Å². The molecule has 5 nitrogen and oxygen atoms in total. The highest BCUT2D eigenvalue weighted by Gasteiger charge is 2.18. The van der Waals surface area contributed by atoms with Gasteiger partial charge in [-0.3, -0.25) is 4.98 Å². The fourth-order valence-corrected chi connectivity index (χ4v) is 2.20. The van der Waals surface area contributed by atoms with Crippen molar-refractivity contribution < 1.29 is 13.9 Å². The van der Waals surface area contributed by atoms with Crippen LogP contribution in [0.5, 0.6) is 5.75 Å². The van der Waals surface area contributed by atoms with E-state index in [-0.39, 0.29) is 30.5 Å². The maximum Gasteiger partial charge on any atom is 0.317 e. The first-order valence-electron chi connectivity index (χ1n) is 7.80. The fraction of sp³-hybridized carbons (Fsp3) is 0.333. The molecule has 0 aliphatic heterocycles. The third kappa shape index (κ3) is 4.68. The Morgan fingerprint density at radius 1 is 1.25 bits per heavy atom. The average Bonchev–Trinajstić information content (AvgIpc) is 2.61. The topological polar surface area (TPSA) is 54.5 Å². The zero-order chi connectivity index (χ0) is 17.5. The Balaban J connectivity index is 1.85. The molecule has 1 heterocycles. The van der Waals surface area contributed by atoms with Gasteiger partial charge in [-0.1, -0.05) is 12.1 Å². The summed E-state index contributed by atoms with van der Waals surface area (Å²) in [4.78, 5) is 17.8. The van der Waals surface area contributed by atoms with Crippen LogP contribution in [0.25, 0.3) is 0 Å². The minimum absolute atomic E-state index is 0.0872. The highest BCUT2D eigenvalue weighted by atomic mass is 19.1. The summed E-state index contributed by atoms with van der Waals surface area (Å²) in [6, 6.07) is 9.64. The van der Waals surface area contributed by atoms with Crippen molar-refractivity contribution in [2.24, 2.45) is 0 Å². The number of urea groups is 1. The van der Waals surface area contributed by atoms with E-state index < -0.39 is 5.82 Å². The van der Waals surface area contributed by atoms with Crippen LogP contribution < -0.4 is 10.1 Å². The number of nitrogens with one attached hydrogen (secondary N) is 1. The summed E-state index contributed by atoms with van der Waals surface area (Å²) in [6.07, 6.45) is 3.04. The number of aromatic nitrogens is 1. The first-order chi connectivity index (χ1) is 11.5. The number of hydrogen-bond acceptors (Lipinski definition) is 3. The summed E-state index contributed by atoms with van der Waals surface area (Å²) >= 11 is 0. The van der Waals surface area contributed by atoms with Crippen LogP contribution in [0.15, 0.2) is 48.8 Å². The minimum atomic E-state index is -0.417. The molecular weight excluding hydrogens is 309 g/mol. The summed E-state index contributed by atoms with van der Waals surface area (Å²) in [5.41, 5.74) is 0.998. The van der Waals surface area contributed by atoms with Gasteiger partial charge in [-0.25, -0.2) is 9.18 Å². The Bertz CT molecular complexity index is 666. The van der Waals surface area contributed by atoms with Gasteiger partial charge in [-0.05, 0) is 43.7 Å². The number of halogens is 1. The van der Waals surface area contributed by atoms with E-state index in [1.807, 2.05) is 19.1 Å². The largest absolute Gasteiger partial charge is 0.486 e. The van der Waals surface area contributed by atoms with Crippen LogP contribution in [0, 0.1) is 5.82 Å². The molecule has 0 spiro atoms. The van der Waals surface area contributed by atoms with Crippen molar-refractivity contribution in [2.45, 2.75) is 26.0 Å². The molecule has 24 heavy (non-hydrogen) atoms. The van der Waals surface area contributed by atoms with E-state index in [0.717, 1.165) is 5.56 Å². The Morgan fingerprint density at radius 2 is 1.92 bits per heavy atom. The molecule has 2 amide bonds. The van der Waals surface area contributed by atoms with Crippen molar-refractivity contribution in [2.75, 3.05) is 13.6 Å². The molecule has 1 N–H and O–H groups in total. The van der Waals surface area contributed by atoms with E-state index >= 15 is 0 Å². The molecule has 128 valence electrons. The lowest BCUT2D eigenvalue weighted by molar-refractivity contribution is 0.177. The number of rotatable bonds is 6. The highest BCUT2D eigenvalue weighted by Crippen LogP contribution is 2.18. The fourth-order valence-electron chi connectivity index (χ4n) is 2.20. The molecule has 0 fully saturated rings. The van der Waals surface area contributed by atoms with Gasteiger partial charge in [0.05, 0.1) is 12.6 Å². The Labute approximate surface area is 141 Å². The Kier molecular flexibility index (Phi) is 6.12. The van der Waals surface area contributed by atoms with Gasteiger partial charge in [0.2, 0.25) is 0 Å². The number of benzene rings is 1. The number of amides is 2. The number of pyridine rings is 1. The summed E-state index contributed by atoms with van der Waals surface area (Å²) in [7, 11) is 1.73. The molecule has 6 heteroatoms. The molecule has 0 aliphatic carbocycles. The second kappa shape index (κ2) is 8.29. The molecular formula is C18H22FN3O2. The van der Waals surface area contributed by atoms with Crippen molar-refractivity contribution in [3.8, 4) is 5.75 Å². The molecule has 0 aliphatic rings. The quantitative estimate of drug-likeness (QED) is 0.883. The summed E-state index contributed by atoms with van der Waals surface area (Å²) in [6.45, 7) is 3.99. The van der Waals surface area contributed by atoms with E-state index in [1.165, 1.54) is 6.07 Å². The summed E-state index contributed by atoms with van der Waals surface area (Å²) in [5.74, 6) is -0.239. The molecule has 1 aromatic heterocycles. The molecule has 0 saturated carbocycles. The third-order valence-electron chi connectivity index (χ3n) is 3.80. The van der Waals surface area contributed by atoms with Crippen LogP contribution in [0.4, 0.5) is 9.18 Å². The van der Waals surface area contributed by atoms with Crippen molar-refractivity contribution in [1.29, 1.82) is 0 Å². The van der Waals surface area contributed by atoms with Crippen LogP contribution in [0.1, 0.15) is 25.5 Å². The van der Waals surface area contributed by atoms with E-state index in [9.17, 15) is 9.18 Å². The molecule has 2 aromatic rings. The summed E-state index contributed by atoms with van der Waals surface area (Å²) in [5, 5.41) is 2.80. The molecule has 0 saturated heterocycles. The van der Waals surface area contributed by atoms with E-state index in [0.29, 0.717) is 0 Å². The van der Waals surface area contributed by atoms with Crippen molar-refractivity contribution in [3.63, 3.8) is 0 Å². The predicted molar refractivity (Wildman–Crippen MR) is 90.3 cm³/mol. The van der Waals surface area contributed by atoms with Crippen LogP contribution in [0.2, 0.25) is 0 Å². The van der Waals surface area contributed by atoms with Crippen LogP contribution in [0.3, 0.4) is 0 Å². The number of ether oxygens (including phenoxy) is 1. The van der Waals surface area contributed by atoms with E-state index in [4.69, 9.17) is 4.74 Å². The molecule has 2 rings (SSSR count). The van der Waals surface area contributed by atoms with Gasteiger partial charge in [0.25, 0.3) is 0 Å². The molecule has 0 radical (unpaired) electrons. The van der Waals surface area contributed by atoms with E-state index in [1.54, 1.807) is 49.5 Å². The minimum Gasteiger partial charge on any atom is -0.486 e. The van der Waals surface area contributed by atoms with Gasteiger partial charge in [-0.15, -0.1) is 0 Å². The Morgan fingerprint density at radius 3 is 2.58 bits per heavy atom. The maximum absolute atomic E-state index is 13.5. The molecule has 2 atom stereocenters. The van der Waals surface area contributed by atoms with Gasteiger partial charge < -0.3 is 15.0 Å². The Hall–Kier alpha value is -2.63. The number of hydrogen-bond donors (Lipinski definition) is 1. The zero-order valence-corrected chi connectivity index (χ0v) is 14.1. The second-order valence-electron chi connectivity index (χ2n) is 5.61. The lowest BCUT2D eigenvalue weighted by Gasteiger charge is -2.26.